The van der Waals surface area contributed by atoms with Crippen molar-refractivity contribution in [2.24, 2.45) is 7.05 Å². The minimum absolute atomic E-state index is 0.00879. The topological polar surface area (TPSA) is 66.4 Å². The van der Waals surface area contributed by atoms with Gasteiger partial charge in [0.15, 0.2) is 0 Å². The van der Waals surface area contributed by atoms with Gasteiger partial charge in [-0.2, -0.15) is 0 Å². The zero-order valence-electron chi connectivity index (χ0n) is 15.3. The van der Waals surface area contributed by atoms with Crippen LogP contribution in [0.5, 0.6) is 0 Å². The van der Waals surface area contributed by atoms with E-state index in [1.807, 2.05) is 50.7 Å². The third-order valence-corrected chi connectivity index (χ3v) is 4.27. The van der Waals surface area contributed by atoms with Crippen LogP contribution < -0.4 is 10.6 Å². The molecule has 1 fully saturated rings. The summed E-state index contributed by atoms with van der Waals surface area (Å²) < 4.78 is 1.83. The molecule has 2 N–H and O–H groups in total. The number of aromatic nitrogens is 1. The molecule has 1 aliphatic rings. The SMILES string of the molecule is Cn1cccc1C(=O)NC1CCN(CCC(=O)NC(C)(C)C)CC1. The fraction of sp³-hybridized carbons (Fsp3) is 0.667. The summed E-state index contributed by atoms with van der Waals surface area (Å²) in [5, 5.41) is 6.10. The van der Waals surface area contributed by atoms with Crippen molar-refractivity contribution in [3.63, 3.8) is 0 Å². The van der Waals surface area contributed by atoms with Gasteiger partial charge in [-0.05, 0) is 45.7 Å². The van der Waals surface area contributed by atoms with Crippen LogP contribution in [0.3, 0.4) is 0 Å². The molecule has 2 heterocycles. The van der Waals surface area contributed by atoms with Gasteiger partial charge in [-0.15, -0.1) is 0 Å². The summed E-state index contributed by atoms with van der Waals surface area (Å²) >= 11 is 0. The van der Waals surface area contributed by atoms with Crippen LogP contribution in [0.4, 0.5) is 0 Å². The van der Waals surface area contributed by atoms with Crippen molar-refractivity contribution in [1.82, 2.24) is 20.1 Å². The molecular weight excluding hydrogens is 304 g/mol. The Labute approximate surface area is 144 Å². The monoisotopic (exact) mass is 334 g/mol. The Balaban J connectivity index is 1.69. The smallest absolute Gasteiger partial charge is 0.268 e. The molecule has 6 nitrogen and oxygen atoms in total. The maximum absolute atomic E-state index is 12.2. The Bertz CT molecular complexity index is 566. The molecule has 0 unspecified atom stereocenters. The van der Waals surface area contributed by atoms with Gasteiger partial charge >= 0.3 is 0 Å². The molecule has 134 valence electrons. The lowest BCUT2D eigenvalue weighted by Gasteiger charge is -2.32. The second kappa shape index (κ2) is 7.83. The Morgan fingerprint density at radius 3 is 2.46 bits per heavy atom. The minimum Gasteiger partial charge on any atom is -0.351 e. The van der Waals surface area contributed by atoms with E-state index < -0.39 is 0 Å². The summed E-state index contributed by atoms with van der Waals surface area (Å²) in [6, 6.07) is 3.92. The third-order valence-electron chi connectivity index (χ3n) is 4.27. The first kappa shape index (κ1) is 18.5. The summed E-state index contributed by atoms with van der Waals surface area (Å²) in [7, 11) is 1.88. The second-order valence-electron chi connectivity index (χ2n) is 7.64. The lowest BCUT2D eigenvalue weighted by Crippen LogP contribution is -2.46. The molecule has 1 saturated heterocycles. The predicted molar refractivity (Wildman–Crippen MR) is 94.9 cm³/mol. The van der Waals surface area contributed by atoms with Crippen molar-refractivity contribution in [1.29, 1.82) is 0 Å². The van der Waals surface area contributed by atoms with E-state index in [0.29, 0.717) is 12.1 Å². The molecule has 0 atom stereocenters. The van der Waals surface area contributed by atoms with Crippen LogP contribution in [0.25, 0.3) is 0 Å². The molecule has 0 radical (unpaired) electrons. The molecule has 2 amide bonds. The van der Waals surface area contributed by atoms with E-state index in [0.717, 1.165) is 32.5 Å². The molecule has 0 aliphatic carbocycles. The first-order valence-electron chi connectivity index (χ1n) is 8.70. The van der Waals surface area contributed by atoms with E-state index >= 15 is 0 Å². The Morgan fingerprint density at radius 1 is 1.25 bits per heavy atom. The maximum atomic E-state index is 12.2. The number of nitrogens with zero attached hydrogens (tertiary/aromatic N) is 2. The average molecular weight is 334 g/mol. The number of carbonyl (C=O) groups is 2. The standard InChI is InChI=1S/C18H30N4O2/c1-18(2,3)20-16(23)9-13-22-11-7-14(8-12-22)19-17(24)15-6-5-10-21(15)4/h5-6,10,14H,7-9,11-13H2,1-4H3,(H,19,24)(H,20,23). The highest BCUT2D eigenvalue weighted by Gasteiger charge is 2.22. The number of carbonyl (C=O) groups excluding carboxylic acids is 2. The molecule has 1 aromatic heterocycles. The van der Waals surface area contributed by atoms with Crippen molar-refractivity contribution >= 4 is 11.8 Å². The Kier molecular flexibility index (Phi) is 6.04. The van der Waals surface area contributed by atoms with Gasteiger partial charge in [-0.1, -0.05) is 0 Å². The highest BCUT2D eigenvalue weighted by molar-refractivity contribution is 5.92. The van der Waals surface area contributed by atoms with Crippen LogP contribution in [-0.2, 0) is 11.8 Å². The summed E-state index contributed by atoms with van der Waals surface area (Å²) in [4.78, 5) is 26.4. The minimum atomic E-state index is -0.175. The Morgan fingerprint density at radius 2 is 1.92 bits per heavy atom. The van der Waals surface area contributed by atoms with Crippen molar-refractivity contribution in [3.05, 3.63) is 24.0 Å². The van der Waals surface area contributed by atoms with Gasteiger partial charge in [0.1, 0.15) is 5.69 Å². The molecular formula is C18H30N4O2. The van der Waals surface area contributed by atoms with E-state index in [1.165, 1.54) is 0 Å². The second-order valence-corrected chi connectivity index (χ2v) is 7.64. The van der Waals surface area contributed by atoms with Gasteiger partial charge in [0.05, 0.1) is 0 Å². The summed E-state index contributed by atoms with van der Waals surface area (Å²) in [6.45, 7) is 8.59. The fourth-order valence-corrected chi connectivity index (χ4v) is 3.00. The quantitative estimate of drug-likeness (QED) is 0.858. The van der Waals surface area contributed by atoms with Gasteiger partial charge in [-0.25, -0.2) is 0 Å². The first-order chi connectivity index (χ1) is 11.2. The largest absolute Gasteiger partial charge is 0.351 e. The molecule has 2 rings (SSSR count). The number of amides is 2. The van der Waals surface area contributed by atoms with Crippen LogP contribution in [0, 0.1) is 0 Å². The predicted octanol–water partition coefficient (Wildman–Crippen LogP) is 1.52. The van der Waals surface area contributed by atoms with Crippen LogP contribution in [-0.4, -0.2) is 52.5 Å². The zero-order chi connectivity index (χ0) is 17.7. The van der Waals surface area contributed by atoms with Gasteiger partial charge < -0.3 is 20.1 Å². The van der Waals surface area contributed by atoms with E-state index in [9.17, 15) is 9.59 Å². The molecule has 0 bridgehead atoms. The number of aryl methyl sites for hydroxylation is 1. The number of piperidine rings is 1. The van der Waals surface area contributed by atoms with Crippen LogP contribution in [0.1, 0.15) is 50.5 Å². The molecule has 6 heteroatoms. The van der Waals surface area contributed by atoms with Crippen molar-refractivity contribution in [3.8, 4) is 0 Å². The molecule has 24 heavy (non-hydrogen) atoms. The number of likely N-dealkylation sites (tertiary alicyclic amines) is 1. The summed E-state index contributed by atoms with van der Waals surface area (Å²) in [5.74, 6) is 0.0899. The highest BCUT2D eigenvalue weighted by atomic mass is 16.2. The molecule has 0 saturated carbocycles. The summed E-state index contributed by atoms with van der Waals surface area (Å²) in [6.07, 6.45) is 4.26. The maximum Gasteiger partial charge on any atom is 0.268 e. The van der Waals surface area contributed by atoms with E-state index in [2.05, 4.69) is 15.5 Å². The summed E-state index contributed by atoms with van der Waals surface area (Å²) in [5.41, 5.74) is 0.516. The first-order valence-corrected chi connectivity index (χ1v) is 8.70. The molecule has 0 aromatic carbocycles. The Hall–Kier alpha value is -1.82. The number of nitrogens with one attached hydrogen (secondary N) is 2. The van der Waals surface area contributed by atoms with Gasteiger partial charge in [0.2, 0.25) is 5.91 Å². The lowest BCUT2D eigenvalue weighted by molar-refractivity contribution is -0.122. The lowest BCUT2D eigenvalue weighted by atomic mass is 10.0. The van der Waals surface area contributed by atoms with Crippen LogP contribution in [0.2, 0.25) is 0 Å². The van der Waals surface area contributed by atoms with Crippen LogP contribution >= 0.6 is 0 Å². The highest BCUT2D eigenvalue weighted by Crippen LogP contribution is 2.12. The van der Waals surface area contributed by atoms with Crippen molar-refractivity contribution in [2.75, 3.05) is 19.6 Å². The molecule has 1 aromatic rings. The van der Waals surface area contributed by atoms with Gasteiger partial charge in [0.25, 0.3) is 5.91 Å². The van der Waals surface area contributed by atoms with Crippen LogP contribution in [0.15, 0.2) is 18.3 Å². The fourth-order valence-electron chi connectivity index (χ4n) is 3.00. The number of hydrogen-bond acceptors (Lipinski definition) is 3. The molecule has 1 aliphatic heterocycles. The van der Waals surface area contributed by atoms with Crippen molar-refractivity contribution in [2.45, 2.75) is 51.6 Å². The average Bonchev–Trinajstić information content (AvgIpc) is 2.91. The number of rotatable bonds is 5. The van der Waals surface area contributed by atoms with Gasteiger partial charge in [-0.3, -0.25) is 9.59 Å². The third kappa shape index (κ3) is 5.67. The molecule has 0 spiro atoms. The van der Waals surface area contributed by atoms with Crippen molar-refractivity contribution < 1.29 is 9.59 Å². The van der Waals surface area contributed by atoms with E-state index in [4.69, 9.17) is 0 Å². The number of hydrogen-bond donors (Lipinski definition) is 2. The normalized spacial score (nSPS) is 16.8. The van der Waals surface area contributed by atoms with E-state index in [-0.39, 0.29) is 23.4 Å². The zero-order valence-corrected chi connectivity index (χ0v) is 15.3. The van der Waals surface area contributed by atoms with Gasteiger partial charge in [0, 0.05) is 50.9 Å². The van der Waals surface area contributed by atoms with E-state index in [1.54, 1.807) is 0 Å².